The number of carbonyl (C=O) groups is 2. The molecule has 3 N–H and O–H groups in total. The predicted octanol–water partition coefficient (Wildman–Crippen LogP) is 3.26. The molecule has 40 heavy (non-hydrogen) atoms. The van der Waals surface area contributed by atoms with Crippen LogP contribution in [0, 0.1) is 5.41 Å². The van der Waals surface area contributed by atoms with Gasteiger partial charge in [-0.05, 0) is 74.1 Å². The summed E-state index contributed by atoms with van der Waals surface area (Å²) < 4.78 is 7.05. The van der Waals surface area contributed by atoms with Crippen LogP contribution in [0.25, 0.3) is 10.9 Å². The SMILES string of the molecule is COCCN(CCC(NC(=O)c1cccc2c1cnn2C)C(=O)O)CC1(CCc2ccc3c(n2)NCCC3)CC1. The molecule has 0 bridgehead atoms. The fourth-order valence-electron chi connectivity index (χ4n) is 5.71. The maximum absolute atomic E-state index is 13.1. The molecule has 1 saturated carbocycles. The first-order valence-corrected chi connectivity index (χ1v) is 14.3. The number of rotatable bonds is 14. The number of pyridine rings is 1. The number of carboxylic acid groups (broad SMARTS) is 1. The van der Waals surface area contributed by atoms with Gasteiger partial charge in [-0.15, -0.1) is 0 Å². The van der Waals surface area contributed by atoms with Gasteiger partial charge in [0, 0.05) is 51.4 Å². The van der Waals surface area contributed by atoms with Gasteiger partial charge in [0.25, 0.3) is 5.91 Å². The van der Waals surface area contributed by atoms with Crippen LogP contribution in [-0.2, 0) is 29.4 Å². The van der Waals surface area contributed by atoms with Gasteiger partial charge < -0.3 is 25.4 Å². The van der Waals surface area contributed by atoms with Crippen molar-refractivity contribution in [2.75, 3.05) is 45.2 Å². The molecule has 1 amide bonds. The maximum atomic E-state index is 13.1. The fourth-order valence-corrected chi connectivity index (χ4v) is 5.71. The van der Waals surface area contributed by atoms with E-state index in [4.69, 9.17) is 9.72 Å². The average Bonchev–Trinajstić information content (AvgIpc) is 3.63. The Labute approximate surface area is 235 Å². The Bertz CT molecular complexity index is 1350. The topological polar surface area (TPSA) is 122 Å². The van der Waals surface area contributed by atoms with Crippen molar-refractivity contribution in [3.63, 3.8) is 0 Å². The van der Waals surface area contributed by atoms with Gasteiger partial charge in [0.15, 0.2) is 0 Å². The summed E-state index contributed by atoms with van der Waals surface area (Å²) in [5, 5.41) is 21.0. The normalized spacial score (nSPS) is 16.4. The number of aryl methyl sites for hydroxylation is 3. The summed E-state index contributed by atoms with van der Waals surface area (Å²) in [4.78, 5) is 32.4. The van der Waals surface area contributed by atoms with Gasteiger partial charge in [-0.3, -0.25) is 9.48 Å². The number of hydrogen-bond donors (Lipinski definition) is 3. The second-order valence-electron chi connectivity index (χ2n) is 11.3. The lowest BCUT2D eigenvalue weighted by Gasteiger charge is -2.28. The highest BCUT2D eigenvalue weighted by Gasteiger charge is 2.43. The number of hydrogen-bond acceptors (Lipinski definition) is 7. The van der Waals surface area contributed by atoms with E-state index in [1.165, 1.54) is 5.56 Å². The molecule has 10 nitrogen and oxygen atoms in total. The van der Waals surface area contributed by atoms with Crippen LogP contribution in [0.15, 0.2) is 36.5 Å². The molecule has 5 rings (SSSR count). The lowest BCUT2D eigenvalue weighted by Crippen LogP contribution is -2.44. The van der Waals surface area contributed by atoms with E-state index in [-0.39, 0.29) is 5.41 Å². The van der Waals surface area contributed by atoms with Crippen molar-refractivity contribution in [1.82, 2.24) is 25.0 Å². The molecule has 3 aromatic rings. The third kappa shape index (κ3) is 6.62. The molecule has 10 heteroatoms. The molecule has 1 fully saturated rings. The fraction of sp³-hybridized carbons (Fsp3) is 0.533. The number of aromatic nitrogens is 3. The van der Waals surface area contributed by atoms with Gasteiger partial charge in [0.2, 0.25) is 0 Å². The van der Waals surface area contributed by atoms with E-state index in [1.54, 1.807) is 30.1 Å². The minimum absolute atomic E-state index is 0.219. The summed E-state index contributed by atoms with van der Waals surface area (Å²) >= 11 is 0. The van der Waals surface area contributed by atoms with Crippen LogP contribution in [0.3, 0.4) is 0 Å². The molecule has 0 spiro atoms. The van der Waals surface area contributed by atoms with Crippen molar-refractivity contribution < 1.29 is 19.4 Å². The van der Waals surface area contributed by atoms with Crippen molar-refractivity contribution in [2.24, 2.45) is 12.5 Å². The summed E-state index contributed by atoms with van der Waals surface area (Å²) in [6, 6.07) is 8.75. The summed E-state index contributed by atoms with van der Waals surface area (Å²) in [6.45, 7) is 3.71. The Morgan fingerprint density at radius 2 is 2.10 bits per heavy atom. The molecule has 1 atom stereocenters. The standard InChI is InChI=1S/C30H40N6O4/c1-35-26-7-3-6-23(24(26)19-32-35)28(37)34-25(29(38)39)11-16-36(17-18-40-2)20-30(13-14-30)12-10-22-9-8-21-5-4-15-31-27(21)33-22/h3,6-9,19,25H,4-5,10-18,20H2,1-2H3,(H,31,33)(H,34,37)(H,38,39). The van der Waals surface area contributed by atoms with E-state index >= 15 is 0 Å². The minimum Gasteiger partial charge on any atom is -0.480 e. The molecule has 0 saturated heterocycles. The number of carboxylic acids is 1. The summed E-state index contributed by atoms with van der Waals surface area (Å²) in [6.07, 6.45) is 8.49. The Morgan fingerprint density at radius 3 is 2.88 bits per heavy atom. The lowest BCUT2D eigenvalue weighted by molar-refractivity contribution is -0.139. The van der Waals surface area contributed by atoms with Gasteiger partial charge in [0.05, 0.1) is 23.9 Å². The Kier molecular flexibility index (Phi) is 8.66. The zero-order valence-electron chi connectivity index (χ0n) is 23.5. The molecule has 1 unspecified atom stereocenters. The third-order valence-corrected chi connectivity index (χ3v) is 8.36. The third-order valence-electron chi connectivity index (χ3n) is 8.36. The number of amides is 1. The quantitative estimate of drug-likeness (QED) is 0.281. The highest BCUT2D eigenvalue weighted by atomic mass is 16.5. The molecule has 0 radical (unpaired) electrons. The first kappa shape index (κ1) is 28.0. The van der Waals surface area contributed by atoms with Crippen LogP contribution in [0.4, 0.5) is 5.82 Å². The number of aliphatic carboxylic acids is 1. The number of fused-ring (bicyclic) bond motifs is 2. The smallest absolute Gasteiger partial charge is 0.326 e. The monoisotopic (exact) mass is 548 g/mol. The van der Waals surface area contributed by atoms with Crippen LogP contribution < -0.4 is 10.6 Å². The summed E-state index contributed by atoms with van der Waals surface area (Å²) in [7, 11) is 3.49. The highest BCUT2D eigenvalue weighted by Crippen LogP contribution is 2.50. The van der Waals surface area contributed by atoms with Crippen LogP contribution in [0.2, 0.25) is 0 Å². The van der Waals surface area contributed by atoms with Crippen molar-refractivity contribution in [3.05, 3.63) is 53.3 Å². The number of anilines is 1. The van der Waals surface area contributed by atoms with Crippen LogP contribution in [0.1, 0.15) is 53.7 Å². The van der Waals surface area contributed by atoms with E-state index in [9.17, 15) is 14.7 Å². The average molecular weight is 549 g/mol. The maximum Gasteiger partial charge on any atom is 0.326 e. The first-order valence-electron chi connectivity index (χ1n) is 14.3. The van der Waals surface area contributed by atoms with Gasteiger partial charge >= 0.3 is 5.97 Å². The number of methoxy groups -OCH3 is 1. The molecule has 1 aromatic carbocycles. The Balaban J connectivity index is 1.19. The largest absolute Gasteiger partial charge is 0.480 e. The molecule has 1 aliphatic heterocycles. The molecule has 2 aliphatic rings. The number of nitrogens with zero attached hydrogens (tertiary/aromatic N) is 4. The first-order chi connectivity index (χ1) is 19.4. The molecular formula is C30H40N6O4. The molecule has 214 valence electrons. The number of nitrogens with one attached hydrogen (secondary N) is 2. The predicted molar refractivity (Wildman–Crippen MR) is 154 cm³/mol. The van der Waals surface area contributed by atoms with Crippen LogP contribution >= 0.6 is 0 Å². The zero-order valence-corrected chi connectivity index (χ0v) is 23.5. The second-order valence-corrected chi connectivity index (χ2v) is 11.3. The van der Waals surface area contributed by atoms with E-state index in [2.05, 4.69) is 32.8 Å². The number of benzene rings is 1. The number of carbonyl (C=O) groups excluding carboxylic acids is 1. The summed E-state index contributed by atoms with van der Waals surface area (Å²) in [5.41, 5.74) is 3.90. The van der Waals surface area contributed by atoms with E-state index in [1.807, 2.05) is 13.1 Å². The second kappa shape index (κ2) is 12.3. The minimum atomic E-state index is -1.04. The van der Waals surface area contributed by atoms with Gasteiger partial charge in [0.1, 0.15) is 11.9 Å². The Morgan fingerprint density at radius 1 is 1.25 bits per heavy atom. The van der Waals surface area contributed by atoms with Gasteiger partial charge in [-0.1, -0.05) is 12.1 Å². The van der Waals surface area contributed by atoms with Gasteiger partial charge in [-0.2, -0.15) is 5.10 Å². The van der Waals surface area contributed by atoms with E-state index < -0.39 is 17.9 Å². The van der Waals surface area contributed by atoms with Crippen LogP contribution in [-0.4, -0.2) is 82.6 Å². The van der Waals surface area contributed by atoms with Gasteiger partial charge in [-0.25, -0.2) is 9.78 Å². The molecule has 3 heterocycles. The zero-order chi connectivity index (χ0) is 28.1. The summed E-state index contributed by atoms with van der Waals surface area (Å²) in [5.74, 6) is -0.399. The molecule has 2 aromatic heterocycles. The number of ether oxygens (including phenoxy) is 1. The Hall–Kier alpha value is -3.50. The van der Waals surface area contributed by atoms with E-state index in [0.717, 1.165) is 68.6 Å². The molecular weight excluding hydrogens is 508 g/mol. The molecule has 1 aliphatic carbocycles. The van der Waals surface area contributed by atoms with Crippen molar-refractivity contribution in [2.45, 2.75) is 51.0 Å². The van der Waals surface area contributed by atoms with Crippen LogP contribution in [0.5, 0.6) is 0 Å². The van der Waals surface area contributed by atoms with Crippen molar-refractivity contribution in [1.29, 1.82) is 0 Å². The lowest BCUT2D eigenvalue weighted by atomic mass is 9.97. The highest BCUT2D eigenvalue weighted by molar-refractivity contribution is 6.07. The van der Waals surface area contributed by atoms with Crippen molar-refractivity contribution in [3.8, 4) is 0 Å². The van der Waals surface area contributed by atoms with E-state index in [0.29, 0.717) is 37.1 Å². The van der Waals surface area contributed by atoms with Crippen molar-refractivity contribution >= 4 is 28.6 Å².